The third-order valence-electron chi connectivity index (χ3n) is 4.45. The molecule has 0 atom stereocenters. The number of nitrogens with zero attached hydrogens (tertiary/aromatic N) is 1. The Morgan fingerprint density at radius 1 is 1.12 bits per heavy atom. The van der Waals surface area contributed by atoms with Crippen molar-refractivity contribution < 1.29 is 14.3 Å². The number of ether oxygens (including phenoxy) is 1. The third-order valence-corrected chi connectivity index (χ3v) is 4.69. The number of amides is 2. The third kappa shape index (κ3) is 4.17. The lowest BCUT2D eigenvalue weighted by Gasteiger charge is -2.15. The van der Waals surface area contributed by atoms with Gasteiger partial charge in [-0.3, -0.25) is 9.59 Å². The van der Waals surface area contributed by atoms with Gasteiger partial charge in [0.15, 0.2) is 0 Å². The lowest BCUT2D eigenvalue weighted by molar-refractivity contribution is 0.0792. The van der Waals surface area contributed by atoms with Gasteiger partial charge in [-0.25, -0.2) is 0 Å². The van der Waals surface area contributed by atoms with Gasteiger partial charge in [-0.05, 0) is 48.7 Å². The molecule has 2 aromatic carbocycles. The summed E-state index contributed by atoms with van der Waals surface area (Å²) in [7, 11) is 1.51. The van der Waals surface area contributed by atoms with Gasteiger partial charge in [-0.2, -0.15) is 0 Å². The number of benzene rings is 2. The van der Waals surface area contributed by atoms with Crippen LogP contribution in [0.15, 0.2) is 42.5 Å². The van der Waals surface area contributed by atoms with E-state index in [0.717, 1.165) is 31.5 Å². The topological polar surface area (TPSA) is 58.6 Å². The predicted molar refractivity (Wildman–Crippen MR) is 101 cm³/mol. The molecule has 0 spiro atoms. The molecule has 0 radical (unpaired) electrons. The fraction of sp³-hybridized carbons (Fsp3) is 0.300. The predicted octanol–water partition coefficient (Wildman–Crippen LogP) is 3.51. The van der Waals surface area contributed by atoms with Crippen molar-refractivity contribution in [2.45, 2.75) is 19.4 Å². The minimum atomic E-state index is -0.262. The van der Waals surface area contributed by atoms with Crippen LogP contribution >= 0.6 is 11.6 Å². The molecular formula is C20H21ClN2O3. The van der Waals surface area contributed by atoms with Gasteiger partial charge in [0, 0.05) is 30.2 Å². The molecule has 5 nitrogen and oxygen atoms in total. The van der Waals surface area contributed by atoms with Crippen molar-refractivity contribution in [3.8, 4) is 5.75 Å². The first kappa shape index (κ1) is 18.3. The molecule has 0 bridgehead atoms. The van der Waals surface area contributed by atoms with E-state index in [2.05, 4.69) is 5.32 Å². The molecule has 1 saturated heterocycles. The van der Waals surface area contributed by atoms with Crippen LogP contribution in [0.25, 0.3) is 0 Å². The highest BCUT2D eigenvalue weighted by Gasteiger charge is 2.19. The lowest BCUT2D eigenvalue weighted by Crippen LogP contribution is -2.27. The molecule has 6 heteroatoms. The number of rotatable bonds is 5. The quantitative estimate of drug-likeness (QED) is 0.873. The van der Waals surface area contributed by atoms with Gasteiger partial charge in [0.05, 0.1) is 12.7 Å². The number of hydrogen-bond donors (Lipinski definition) is 1. The number of nitrogens with one attached hydrogen (secondary N) is 1. The van der Waals surface area contributed by atoms with E-state index < -0.39 is 0 Å². The van der Waals surface area contributed by atoms with Crippen molar-refractivity contribution in [3.05, 3.63) is 64.2 Å². The Hall–Kier alpha value is -2.53. The highest BCUT2D eigenvalue weighted by molar-refractivity contribution is 6.31. The zero-order valence-corrected chi connectivity index (χ0v) is 15.4. The monoisotopic (exact) mass is 372 g/mol. The van der Waals surface area contributed by atoms with Crippen molar-refractivity contribution in [1.82, 2.24) is 10.2 Å². The van der Waals surface area contributed by atoms with E-state index in [1.165, 1.54) is 7.11 Å². The molecule has 2 amide bonds. The molecule has 1 N–H and O–H groups in total. The van der Waals surface area contributed by atoms with Crippen LogP contribution in [-0.2, 0) is 6.54 Å². The first-order valence-corrected chi connectivity index (χ1v) is 8.96. The minimum absolute atomic E-state index is 0.0711. The Morgan fingerprint density at radius 2 is 1.81 bits per heavy atom. The van der Waals surface area contributed by atoms with E-state index in [1.807, 2.05) is 29.2 Å². The molecule has 1 heterocycles. The summed E-state index contributed by atoms with van der Waals surface area (Å²) in [5, 5.41) is 3.32. The summed E-state index contributed by atoms with van der Waals surface area (Å²) in [6, 6.07) is 12.2. The average Bonchev–Trinajstić information content (AvgIpc) is 3.20. The van der Waals surface area contributed by atoms with Gasteiger partial charge in [0.2, 0.25) is 0 Å². The van der Waals surface area contributed by atoms with E-state index in [0.29, 0.717) is 28.4 Å². The highest BCUT2D eigenvalue weighted by Crippen LogP contribution is 2.22. The second-order valence-corrected chi connectivity index (χ2v) is 6.66. The van der Waals surface area contributed by atoms with Gasteiger partial charge < -0.3 is 15.0 Å². The van der Waals surface area contributed by atoms with Crippen LogP contribution in [0, 0.1) is 0 Å². The van der Waals surface area contributed by atoms with Crippen LogP contribution in [0.4, 0.5) is 0 Å². The smallest absolute Gasteiger partial charge is 0.255 e. The van der Waals surface area contributed by atoms with Crippen LogP contribution in [0.5, 0.6) is 5.75 Å². The molecule has 0 saturated carbocycles. The average molecular weight is 373 g/mol. The van der Waals surface area contributed by atoms with E-state index in [-0.39, 0.29) is 11.8 Å². The van der Waals surface area contributed by atoms with Crippen molar-refractivity contribution >= 4 is 23.4 Å². The maximum absolute atomic E-state index is 12.4. The largest absolute Gasteiger partial charge is 0.496 e. The van der Waals surface area contributed by atoms with E-state index >= 15 is 0 Å². The Morgan fingerprint density at radius 3 is 2.46 bits per heavy atom. The van der Waals surface area contributed by atoms with Crippen LogP contribution in [0.3, 0.4) is 0 Å². The molecular weight excluding hydrogens is 352 g/mol. The number of hydrogen-bond acceptors (Lipinski definition) is 3. The summed E-state index contributed by atoms with van der Waals surface area (Å²) in [5.41, 5.74) is 1.98. The van der Waals surface area contributed by atoms with Gasteiger partial charge in [0.25, 0.3) is 11.8 Å². The number of halogens is 1. The Kier molecular flexibility index (Phi) is 5.78. The van der Waals surface area contributed by atoms with Gasteiger partial charge in [0.1, 0.15) is 5.75 Å². The molecule has 0 aromatic heterocycles. The summed E-state index contributed by atoms with van der Waals surface area (Å²) >= 11 is 5.96. The van der Waals surface area contributed by atoms with Crippen molar-refractivity contribution in [3.63, 3.8) is 0 Å². The van der Waals surface area contributed by atoms with E-state index in [9.17, 15) is 9.59 Å². The summed E-state index contributed by atoms with van der Waals surface area (Å²) < 4.78 is 5.20. The molecule has 136 valence electrons. The summed E-state index contributed by atoms with van der Waals surface area (Å²) in [5.74, 6) is 0.279. The summed E-state index contributed by atoms with van der Waals surface area (Å²) in [6.45, 7) is 2.02. The van der Waals surface area contributed by atoms with E-state index in [4.69, 9.17) is 16.3 Å². The molecule has 1 fully saturated rings. The molecule has 1 aliphatic heterocycles. The maximum atomic E-state index is 12.4. The Bertz CT molecular complexity index is 799. The van der Waals surface area contributed by atoms with Crippen LogP contribution < -0.4 is 10.1 Å². The fourth-order valence-electron chi connectivity index (χ4n) is 3.00. The molecule has 2 aromatic rings. The SMILES string of the molecule is COc1ccc(Cl)cc1C(=O)NCc1ccc(C(=O)N2CCCC2)cc1. The minimum Gasteiger partial charge on any atom is -0.496 e. The molecule has 0 aliphatic carbocycles. The molecule has 0 unspecified atom stereocenters. The first-order valence-electron chi connectivity index (χ1n) is 8.58. The fourth-order valence-corrected chi connectivity index (χ4v) is 3.18. The van der Waals surface area contributed by atoms with Gasteiger partial charge >= 0.3 is 0 Å². The zero-order valence-electron chi connectivity index (χ0n) is 14.6. The normalized spacial score (nSPS) is 13.5. The second kappa shape index (κ2) is 8.23. The van der Waals surface area contributed by atoms with E-state index in [1.54, 1.807) is 18.2 Å². The van der Waals surface area contributed by atoms with Gasteiger partial charge in [-0.15, -0.1) is 0 Å². The van der Waals surface area contributed by atoms with Crippen LogP contribution in [-0.4, -0.2) is 36.9 Å². The lowest BCUT2D eigenvalue weighted by atomic mass is 10.1. The Balaban J connectivity index is 1.62. The summed E-state index contributed by atoms with van der Waals surface area (Å²) in [4.78, 5) is 26.6. The summed E-state index contributed by atoms with van der Waals surface area (Å²) in [6.07, 6.45) is 2.14. The number of likely N-dealkylation sites (tertiary alicyclic amines) is 1. The Labute approximate surface area is 157 Å². The number of carbonyl (C=O) groups excluding carboxylic acids is 2. The van der Waals surface area contributed by atoms with Crippen LogP contribution in [0.2, 0.25) is 5.02 Å². The maximum Gasteiger partial charge on any atom is 0.255 e. The number of methoxy groups -OCH3 is 1. The van der Waals surface area contributed by atoms with Gasteiger partial charge in [-0.1, -0.05) is 23.7 Å². The molecule has 26 heavy (non-hydrogen) atoms. The first-order chi connectivity index (χ1) is 12.6. The molecule has 3 rings (SSSR count). The van der Waals surface area contributed by atoms with Crippen LogP contribution in [0.1, 0.15) is 39.1 Å². The van der Waals surface area contributed by atoms with Crippen molar-refractivity contribution in [2.75, 3.05) is 20.2 Å². The standard InChI is InChI=1S/C20H21ClN2O3/c1-26-18-9-8-16(21)12-17(18)19(24)22-13-14-4-6-15(7-5-14)20(25)23-10-2-3-11-23/h4-9,12H,2-3,10-11,13H2,1H3,(H,22,24). The highest BCUT2D eigenvalue weighted by atomic mass is 35.5. The zero-order chi connectivity index (χ0) is 18.5. The van der Waals surface area contributed by atoms with Crippen molar-refractivity contribution in [2.24, 2.45) is 0 Å². The molecule has 1 aliphatic rings. The second-order valence-electron chi connectivity index (χ2n) is 6.22. The number of carbonyl (C=O) groups is 2. The van der Waals surface area contributed by atoms with Crippen molar-refractivity contribution in [1.29, 1.82) is 0 Å².